The molecule has 2 nitrogen and oxygen atoms in total. The molecule has 110 valence electrons. The van der Waals surface area contributed by atoms with Gasteiger partial charge in [0.15, 0.2) is 0 Å². The molecular weight excluding hydrogens is 272 g/mol. The van der Waals surface area contributed by atoms with E-state index in [1.165, 1.54) is 16.7 Å². The van der Waals surface area contributed by atoms with Crippen LogP contribution in [0.25, 0.3) is 11.1 Å². The number of phenols is 1. The lowest BCUT2D eigenvalue weighted by Gasteiger charge is -2.13. The fourth-order valence-corrected chi connectivity index (χ4v) is 2.47. The van der Waals surface area contributed by atoms with Crippen molar-refractivity contribution in [1.82, 2.24) is 0 Å². The SMILES string of the molecule is Cc1c(COc2ccc(O)cc2)cccc1-c1ccccc1. The van der Waals surface area contributed by atoms with Gasteiger partial charge in [0.1, 0.15) is 18.1 Å². The second-order valence-corrected chi connectivity index (χ2v) is 5.24. The van der Waals surface area contributed by atoms with E-state index in [0.29, 0.717) is 6.61 Å². The van der Waals surface area contributed by atoms with Gasteiger partial charge >= 0.3 is 0 Å². The monoisotopic (exact) mass is 290 g/mol. The molecule has 1 N–H and O–H groups in total. The Kier molecular flexibility index (Phi) is 4.10. The molecule has 0 spiro atoms. The maximum absolute atomic E-state index is 9.29. The minimum absolute atomic E-state index is 0.245. The normalized spacial score (nSPS) is 10.4. The van der Waals surface area contributed by atoms with Crippen LogP contribution in [-0.4, -0.2) is 5.11 Å². The van der Waals surface area contributed by atoms with E-state index < -0.39 is 0 Å². The van der Waals surface area contributed by atoms with Gasteiger partial charge in [0.2, 0.25) is 0 Å². The molecular formula is C20H18O2. The minimum atomic E-state index is 0.245. The van der Waals surface area contributed by atoms with Crippen LogP contribution in [0.4, 0.5) is 0 Å². The Morgan fingerprint density at radius 1 is 0.818 bits per heavy atom. The smallest absolute Gasteiger partial charge is 0.120 e. The lowest BCUT2D eigenvalue weighted by Crippen LogP contribution is -1.99. The van der Waals surface area contributed by atoms with E-state index >= 15 is 0 Å². The number of aromatic hydroxyl groups is 1. The van der Waals surface area contributed by atoms with Crippen LogP contribution in [0.3, 0.4) is 0 Å². The first-order valence-corrected chi connectivity index (χ1v) is 7.30. The third kappa shape index (κ3) is 3.12. The number of benzene rings is 3. The van der Waals surface area contributed by atoms with Crippen LogP contribution in [0.1, 0.15) is 11.1 Å². The lowest BCUT2D eigenvalue weighted by molar-refractivity contribution is 0.305. The molecule has 22 heavy (non-hydrogen) atoms. The van der Waals surface area contributed by atoms with Gasteiger partial charge in [-0.05, 0) is 53.4 Å². The van der Waals surface area contributed by atoms with Crippen molar-refractivity contribution < 1.29 is 9.84 Å². The first-order chi connectivity index (χ1) is 10.7. The zero-order valence-electron chi connectivity index (χ0n) is 12.5. The van der Waals surface area contributed by atoms with Gasteiger partial charge in [-0.2, -0.15) is 0 Å². The predicted molar refractivity (Wildman–Crippen MR) is 89.1 cm³/mol. The van der Waals surface area contributed by atoms with Crippen molar-refractivity contribution in [2.75, 3.05) is 0 Å². The third-order valence-electron chi connectivity index (χ3n) is 3.76. The highest BCUT2D eigenvalue weighted by molar-refractivity contribution is 5.68. The fraction of sp³-hybridized carbons (Fsp3) is 0.100. The third-order valence-corrected chi connectivity index (χ3v) is 3.76. The summed E-state index contributed by atoms with van der Waals surface area (Å²) in [4.78, 5) is 0. The van der Waals surface area contributed by atoms with Crippen LogP contribution in [0.2, 0.25) is 0 Å². The molecule has 0 saturated heterocycles. The van der Waals surface area contributed by atoms with Crippen molar-refractivity contribution in [3.8, 4) is 22.6 Å². The summed E-state index contributed by atoms with van der Waals surface area (Å²) >= 11 is 0. The van der Waals surface area contributed by atoms with Gasteiger partial charge in [0.05, 0.1) is 0 Å². The Labute approximate surface area is 130 Å². The van der Waals surface area contributed by atoms with Crippen LogP contribution in [0, 0.1) is 6.92 Å². The van der Waals surface area contributed by atoms with Crippen LogP contribution in [0.15, 0.2) is 72.8 Å². The summed E-state index contributed by atoms with van der Waals surface area (Å²) in [6, 6.07) is 23.4. The summed E-state index contributed by atoms with van der Waals surface area (Å²) in [5.74, 6) is 0.997. The van der Waals surface area contributed by atoms with Crippen molar-refractivity contribution in [1.29, 1.82) is 0 Å². The molecule has 3 aromatic rings. The molecule has 2 heteroatoms. The van der Waals surface area contributed by atoms with E-state index in [1.807, 2.05) is 18.2 Å². The quantitative estimate of drug-likeness (QED) is 0.737. The summed E-state index contributed by atoms with van der Waals surface area (Å²) < 4.78 is 5.81. The number of hydrogen-bond donors (Lipinski definition) is 1. The Hall–Kier alpha value is -2.74. The van der Waals surface area contributed by atoms with Crippen molar-refractivity contribution in [2.45, 2.75) is 13.5 Å². The molecule has 0 aliphatic rings. The standard InChI is InChI=1S/C20H18O2/c1-15-17(14-22-19-12-10-18(21)11-13-19)8-5-9-20(15)16-6-3-2-4-7-16/h2-13,21H,14H2,1H3. The predicted octanol–water partition coefficient (Wildman–Crippen LogP) is 4.95. The van der Waals surface area contributed by atoms with E-state index in [-0.39, 0.29) is 5.75 Å². The van der Waals surface area contributed by atoms with Gasteiger partial charge in [-0.3, -0.25) is 0 Å². The average Bonchev–Trinajstić information content (AvgIpc) is 2.56. The molecule has 0 amide bonds. The highest BCUT2D eigenvalue weighted by atomic mass is 16.5. The van der Waals surface area contributed by atoms with E-state index in [1.54, 1.807) is 24.3 Å². The number of ether oxygens (including phenoxy) is 1. The van der Waals surface area contributed by atoms with Crippen LogP contribution >= 0.6 is 0 Å². The van der Waals surface area contributed by atoms with Gasteiger partial charge in [-0.1, -0.05) is 48.5 Å². The maximum atomic E-state index is 9.29. The molecule has 0 bridgehead atoms. The van der Waals surface area contributed by atoms with E-state index in [0.717, 1.165) is 11.3 Å². The summed E-state index contributed by atoms with van der Waals surface area (Å²) in [5, 5.41) is 9.29. The Morgan fingerprint density at radius 2 is 1.55 bits per heavy atom. The van der Waals surface area contributed by atoms with E-state index in [4.69, 9.17) is 4.74 Å². The maximum Gasteiger partial charge on any atom is 0.120 e. The summed E-state index contributed by atoms with van der Waals surface area (Å²) in [6.07, 6.45) is 0. The molecule has 0 aliphatic heterocycles. The molecule has 0 unspecified atom stereocenters. The fourth-order valence-electron chi connectivity index (χ4n) is 2.47. The van der Waals surface area contributed by atoms with E-state index in [9.17, 15) is 5.11 Å². The van der Waals surface area contributed by atoms with Crippen molar-refractivity contribution in [2.24, 2.45) is 0 Å². The zero-order chi connectivity index (χ0) is 15.4. The summed E-state index contributed by atoms with van der Waals surface area (Å²) in [7, 11) is 0. The highest BCUT2D eigenvalue weighted by Crippen LogP contribution is 2.26. The first kappa shape index (κ1) is 14.2. The number of hydrogen-bond acceptors (Lipinski definition) is 2. The second kappa shape index (κ2) is 6.35. The molecule has 0 fully saturated rings. The minimum Gasteiger partial charge on any atom is -0.508 e. The molecule has 0 heterocycles. The first-order valence-electron chi connectivity index (χ1n) is 7.30. The van der Waals surface area contributed by atoms with Crippen LogP contribution in [-0.2, 0) is 6.61 Å². The van der Waals surface area contributed by atoms with Crippen LogP contribution in [0.5, 0.6) is 11.5 Å². The van der Waals surface area contributed by atoms with Gasteiger partial charge in [0.25, 0.3) is 0 Å². The van der Waals surface area contributed by atoms with Gasteiger partial charge in [-0.25, -0.2) is 0 Å². The molecule has 3 aromatic carbocycles. The molecule has 3 rings (SSSR count). The zero-order valence-corrected chi connectivity index (χ0v) is 12.5. The van der Waals surface area contributed by atoms with Crippen LogP contribution < -0.4 is 4.74 Å². The largest absolute Gasteiger partial charge is 0.508 e. The summed E-state index contributed by atoms with van der Waals surface area (Å²) in [6.45, 7) is 2.63. The second-order valence-electron chi connectivity index (χ2n) is 5.24. The van der Waals surface area contributed by atoms with Crippen molar-refractivity contribution in [3.05, 3.63) is 83.9 Å². The molecule has 0 atom stereocenters. The molecule has 0 aromatic heterocycles. The number of rotatable bonds is 4. The van der Waals surface area contributed by atoms with Gasteiger partial charge in [0, 0.05) is 0 Å². The van der Waals surface area contributed by atoms with Crippen molar-refractivity contribution >= 4 is 0 Å². The average molecular weight is 290 g/mol. The van der Waals surface area contributed by atoms with Crippen molar-refractivity contribution in [3.63, 3.8) is 0 Å². The molecule has 0 saturated carbocycles. The summed E-state index contributed by atoms with van der Waals surface area (Å²) in [5.41, 5.74) is 4.83. The van der Waals surface area contributed by atoms with Gasteiger partial charge < -0.3 is 9.84 Å². The molecule has 0 radical (unpaired) electrons. The van der Waals surface area contributed by atoms with E-state index in [2.05, 4.69) is 37.3 Å². The Morgan fingerprint density at radius 3 is 2.27 bits per heavy atom. The lowest BCUT2D eigenvalue weighted by atomic mass is 9.97. The topological polar surface area (TPSA) is 29.5 Å². The number of phenolic OH excluding ortho intramolecular Hbond substituents is 1. The Balaban J connectivity index is 1.81. The Bertz CT molecular complexity index is 746. The molecule has 0 aliphatic carbocycles. The highest BCUT2D eigenvalue weighted by Gasteiger charge is 2.06. The van der Waals surface area contributed by atoms with Gasteiger partial charge in [-0.15, -0.1) is 0 Å².